The van der Waals surface area contributed by atoms with Crippen molar-refractivity contribution in [3.63, 3.8) is 0 Å². The Morgan fingerprint density at radius 3 is 2.11 bits per heavy atom. The summed E-state index contributed by atoms with van der Waals surface area (Å²) in [5.41, 5.74) is -0.497. The van der Waals surface area contributed by atoms with Crippen molar-refractivity contribution in [2.24, 2.45) is 5.92 Å². The molecule has 5 heteroatoms. The molecular formula is C14H25NO4. The zero-order valence-electron chi connectivity index (χ0n) is 12.3. The summed E-state index contributed by atoms with van der Waals surface area (Å²) in [6.07, 6.45) is 2.46. The van der Waals surface area contributed by atoms with Gasteiger partial charge in [-0.3, -0.25) is 4.79 Å². The Morgan fingerprint density at radius 2 is 1.74 bits per heavy atom. The molecule has 1 saturated carbocycles. The smallest absolute Gasteiger partial charge is 0.410 e. The van der Waals surface area contributed by atoms with E-state index in [1.165, 1.54) is 0 Å². The van der Waals surface area contributed by atoms with E-state index in [9.17, 15) is 9.59 Å². The lowest BCUT2D eigenvalue weighted by molar-refractivity contribution is -0.143. The molecule has 0 spiro atoms. The number of carboxylic acids is 1. The van der Waals surface area contributed by atoms with E-state index in [0.717, 1.165) is 12.8 Å². The summed E-state index contributed by atoms with van der Waals surface area (Å²) >= 11 is 0. The molecule has 5 nitrogen and oxygen atoms in total. The molecule has 0 heterocycles. The lowest BCUT2D eigenvalue weighted by Crippen LogP contribution is -2.45. The van der Waals surface area contributed by atoms with Crippen LogP contribution >= 0.6 is 0 Å². The van der Waals surface area contributed by atoms with Crippen LogP contribution in [0.25, 0.3) is 0 Å². The molecule has 110 valence electrons. The normalized spacial score (nSPS) is 23.8. The molecule has 0 unspecified atom stereocenters. The zero-order chi connectivity index (χ0) is 14.6. The maximum atomic E-state index is 12.1. The third-order valence-corrected chi connectivity index (χ3v) is 3.46. The fraction of sp³-hybridized carbons (Fsp3) is 0.857. The van der Waals surface area contributed by atoms with Crippen molar-refractivity contribution in [3.05, 3.63) is 0 Å². The summed E-state index contributed by atoms with van der Waals surface area (Å²) in [5.74, 6) is -0.979. The van der Waals surface area contributed by atoms with Gasteiger partial charge in [0, 0.05) is 12.6 Å². The van der Waals surface area contributed by atoms with Crippen molar-refractivity contribution in [2.75, 3.05) is 6.54 Å². The number of rotatable bonds is 3. The second-order valence-corrected chi connectivity index (χ2v) is 6.11. The van der Waals surface area contributed by atoms with Crippen LogP contribution in [-0.4, -0.2) is 40.3 Å². The van der Waals surface area contributed by atoms with Crippen molar-refractivity contribution in [2.45, 2.75) is 65.0 Å². The van der Waals surface area contributed by atoms with Crippen LogP contribution in [0.1, 0.15) is 53.4 Å². The van der Waals surface area contributed by atoms with Crippen LogP contribution < -0.4 is 0 Å². The van der Waals surface area contributed by atoms with Gasteiger partial charge in [-0.05, 0) is 53.4 Å². The van der Waals surface area contributed by atoms with Gasteiger partial charge in [-0.2, -0.15) is 0 Å². The largest absolute Gasteiger partial charge is 0.481 e. The first kappa shape index (κ1) is 15.8. The maximum absolute atomic E-state index is 12.1. The van der Waals surface area contributed by atoms with Gasteiger partial charge < -0.3 is 14.7 Å². The van der Waals surface area contributed by atoms with Crippen LogP contribution in [0.15, 0.2) is 0 Å². The van der Waals surface area contributed by atoms with Crippen LogP contribution in [0.5, 0.6) is 0 Å². The minimum absolute atomic E-state index is 0.107. The molecule has 0 aromatic heterocycles. The predicted octanol–water partition coefficient (Wildman–Crippen LogP) is 2.89. The first-order valence-electron chi connectivity index (χ1n) is 6.97. The summed E-state index contributed by atoms with van der Waals surface area (Å²) in [7, 11) is 0. The summed E-state index contributed by atoms with van der Waals surface area (Å²) in [6.45, 7) is 8.06. The number of carbonyl (C=O) groups excluding carboxylic acids is 1. The van der Waals surface area contributed by atoms with Crippen molar-refractivity contribution in [1.29, 1.82) is 0 Å². The van der Waals surface area contributed by atoms with E-state index in [0.29, 0.717) is 19.4 Å². The number of ether oxygens (including phenoxy) is 1. The first-order chi connectivity index (χ1) is 8.74. The molecule has 0 aromatic carbocycles. The molecule has 1 amide bonds. The molecule has 1 rings (SSSR count). The Balaban J connectivity index is 2.57. The quantitative estimate of drug-likeness (QED) is 0.857. The molecule has 1 fully saturated rings. The first-order valence-corrected chi connectivity index (χ1v) is 6.97. The van der Waals surface area contributed by atoms with Crippen LogP contribution in [-0.2, 0) is 9.53 Å². The van der Waals surface area contributed by atoms with Gasteiger partial charge in [-0.25, -0.2) is 4.79 Å². The molecular weight excluding hydrogens is 246 g/mol. The fourth-order valence-electron chi connectivity index (χ4n) is 2.49. The van der Waals surface area contributed by atoms with Gasteiger partial charge in [0.1, 0.15) is 5.60 Å². The Kier molecular flexibility index (Phi) is 5.20. The fourth-order valence-corrected chi connectivity index (χ4v) is 2.49. The molecule has 0 radical (unpaired) electrons. The molecule has 1 aliphatic rings. The van der Waals surface area contributed by atoms with Gasteiger partial charge in [0.05, 0.1) is 5.92 Å². The molecule has 0 bridgehead atoms. The van der Waals surface area contributed by atoms with Gasteiger partial charge >= 0.3 is 12.1 Å². The number of nitrogens with zero attached hydrogens (tertiary/aromatic N) is 1. The van der Waals surface area contributed by atoms with Crippen molar-refractivity contribution >= 4 is 12.1 Å². The number of carboxylic acid groups (broad SMARTS) is 1. The van der Waals surface area contributed by atoms with Crippen molar-refractivity contribution in [3.8, 4) is 0 Å². The standard InChI is InChI=1S/C14H25NO4/c1-5-15(13(18)19-14(2,3)4)11-8-6-10(7-9-11)12(16)17/h10-11H,5-9H2,1-4H3,(H,16,17). The molecule has 0 saturated heterocycles. The van der Waals surface area contributed by atoms with Crippen LogP contribution in [0.4, 0.5) is 4.79 Å². The number of hydrogen-bond acceptors (Lipinski definition) is 3. The van der Waals surface area contributed by atoms with Gasteiger partial charge in [-0.15, -0.1) is 0 Å². The Hall–Kier alpha value is -1.26. The summed E-state index contributed by atoms with van der Waals surface area (Å²) < 4.78 is 5.39. The maximum Gasteiger partial charge on any atom is 0.410 e. The SMILES string of the molecule is CCN(C(=O)OC(C)(C)C)C1CCC(C(=O)O)CC1. The second-order valence-electron chi connectivity index (χ2n) is 6.11. The zero-order valence-corrected chi connectivity index (χ0v) is 12.3. The van der Waals surface area contributed by atoms with E-state index in [1.807, 2.05) is 27.7 Å². The predicted molar refractivity (Wildman–Crippen MR) is 72.0 cm³/mol. The van der Waals surface area contributed by atoms with Gasteiger partial charge in [0.2, 0.25) is 0 Å². The van der Waals surface area contributed by atoms with E-state index in [1.54, 1.807) is 4.90 Å². The lowest BCUT2D eigenvalue weighted by atomic mass is 9.85. The Morgan fingerprint density at radius 1 is 1.21 bits per heavy atom. The molecule has 0 aromatic rings. The molecule has 0 aliphatic heterocycles. The number of hydrogen-bond donors (Lipinski definition) is 1. The number of amides is 1. The molecule has 1 aliphatic carbocycles. The Bertz CT molecular complexity index is 327. The average Bonchev–Trinajstić information content (AvgIpc) is 2.28. The van der Waals surface area contributed by atoms with E-state index < -0.39 is 11.6 Å². The monoisotopic (exact) mass is 271 g/mol. The van der Waals surface area contributed by atoms with E-state index in [-0.39, 0.29) is 18.1 Å². The third kappa shape index (κ3) is 4.73. The van der Waals surface area contributed by atoms with E-state index in [4.69, 9.17) is 9.84 Å². The van der Waals surface area contributed by atoms with Crippen LogP contribution in [0.2, 0.25) is 0 Å². The van der Waals surface area contributed by atoms with E-state index >= 15 is 0 Å². The highest BCUT2D eigenvalue weighted by molar-refractivity contribution is 5.70. The minimum atomic E-state index is -0.723. The topological polar surface area (TPSA) is 66.8 Å². The summed E-state index contributed by atoms with van der Waals surface area (Å²) in [5, 5.41) is 8.98. The number of carbonyl (C=O) groups is 2. The third-order valence-electron chi connectivity index (χ3n) is 3.46. The summed E-state index contributed by atoms with van der Waals surface area (Å²) in [6, 6.07) is 0.107. The molecule has 0 atom stereocenters. The van der Waals surface area contributed by atoms with Gasteiger partial charge in [-0.1, -0.05) is 0 Å². The van der Waals surface area contributed by atoms with Gasteiger partial charge in [0.15, 0.2) is 0 Å². The van der Waals surface area contributed by atoms with Crippen molar-refractivity contribution in [1.82, 2.24) is 4.90 Å². The van der Waals surface area contributed by atoms with Crippen LogP contribution in [0, 0.1) is 5.92 Å². The highest BCUT2D eigenvalue weighted by atomic mass is 16.6. The van der Waals surface area contributed by atoms with Gasteiger partial charge in [0.25, 0.3) is 0 Å². The van der Waals surface area contributed by atoms with Crippen molar-refractivity contribution < 1.29 is 19.4 Å². The summed E-state index contributed by atoms with van der Waals surface area (Å²) in [4.78, 5) is 24.7. The minimum Gasteiger partial charge on any atom is -0.481 e. The molecule has 19 heavy (non-hydrogen) atoms. The van der Waals surface area contributed by atoms with Crippen LogP contribution in [0.3, 0.4) is 0 Å². The Labute approximate surface area is 114 Å². The highest BCUT2D eigenvalue weighted by Crippen LogP contribution is 2.28. The second kappa shape index (κ2) is 6.26. The highest BCUT2D eigenvalue weighted by Gasteiger charge is 2.32. The lowest BCUT2D eigenvalue weighted by Gasteiger charge is -2.36. The molecule has 1 N–H and O–H groups in total. The number of aliphatic carboxylic acids is 1. The average molecular weight is 271 g/mol. The van der Waals surface area contributed by atoms with E-state index in [2.05, 4.69) is 0 Å².